The van der Waals surface area contributed by atoms with Gasteiger partial charge in [0.05, 0.1) is 24.8 Å². The second-order valence-electron chi connectivity index (χ2n) is 8.22. The first kappa shape index (κ1) is 26.4. The van der Waals surface area contributed by atoms with Gasteiger partial charge in [-0.2, -0.15) is 0 Å². The van der Waals surface area contributed by atoms with Crippen LogP contribution in [-0.4, -0.2) is 51.3 Å². The number of carbonyl (C=O) groups excluding carboxylic acids is 2. The monoisotopic (exact) mass is 518 g/mol. The summed E-state index contributed by atoms with van der Waals surface area (Å²) in [6.45, 7) is 0.742. The molecule has 4 aromatic rings. The highest BCUT2D eigenvalue weighted by molar-refractivity contribution is 6.02. The van der Waals surface area contributed by atoms with Crippen molar-refractivity contribution in [1.82, 2.24) is 10.3 Å². The van der Waals surface area contributed by atoms with Crippen LogP contribution in [0, 0.1) is 5.82 Å². The molecule has 10 heteroatoms. The highest BCUT2D eigenvalue weighted by Crippen LogP contribution is 2.33. The number of nitrogens with one attached hydrogen (secondary N) is 2. The number of aromatic nitrogens is 1. The van der Waals surface area contributed by atoms with Gasteiger partial charge in [-0.25, -0.2) is 9.18 Å². The van der Waals surface area contributed by atoms with E-state index in [9.17, 15) is 14.0 Å². The molecule has 1 heterocycles. The number of nitrogens with zero attached hydrogens (tertiary/aromatic N) is 2. The lowest BCUT2D eigenvalue weighted by Gasteiger charge is -2.18. The van der Waals surface area contributed by atoms with E-state index in [2.05, 4.69) is 15.6 Å². The number of methoxy groups -OCH3 is 2. The van der Waals surface area contributed by atoms with Crippen molar-refractivity contribution in [3.63, 3.8) is 0 Å². The molecule has 0 bridgehead atoms. The van der Waals surface area contributed by atoms with Gasteiger partial charge in [-0.05, 0) is 60.7 Å². The summed E-state index contributed by atoms with van der Waals surface area (Å²) in [5.74, 6) is 0.731. The molecule has 0 aliphatic carbocycles. The van der Waals surface area contributed by atoms with Gasteiger partial charge in [-0.1, -0.05) is 0 Å². The van der Waals surface area contributed by atoms with Gasteiger partial charge in [0.1, 0.15) is 23.1 Å². The van der Waals surface area contributed by atoms with Crippen LogP contribution in [0.3, 0.4) is 0 Å². The summed E-state index contributed by atoms with van der Waals surface area (Å²) in [5.41, 5.74) is 2.05. The molecule has 0 aliphatic rings. The molecule has 38 heavy (non-hydrogen) atoms. The van der Waals surface area contributed by atoms with Gasteiger partial charge >= 0.3 is 6.03 Å². The molecule has 0 radical (unpaired) electrons. The average molecular weight is 519 g/mol. The Hall–Kier alpha value is -4.70. The smallest absolute Gasteiger partial charge is 0.326 e. The molecule has 3 aromatic carbocycles. The molecule has 0 fully saturated rings. The molecule has 1 aromatic heterocycles. The Morgan fingerprint density at radius 2 is 1.71 bits per heavy atom. The number of hydrogen-bond donors (Lipinski definition) is 2. The average Bonchev–Trinajstić information content (AvgIpc) is 2.93. The van der Waals surface area contributed by atoms with E-state index >= 15 is 0 Å². The minimum atomic E-state index is -0.380. The van der Waals surface area contributed by atoms with Crippen molar-refractivity contribution in [2.75, 3.05) is 44.6 Å². The summed E-state index contributed by atoms with van der Waals surface area (Å²) in [4.78, 5) is 31.1. The van der Waals surface area contributed by atoms with Crippen molar-refractivity contribution in [1.29, 1.82) is 0 Å². The number of rotatable bonds is 9. The number of urea groups is 1. The summed E-state index contributed by atoms with van der Waals surface area (Å²) in [5, 5.41) is 6.14. The summed E-state index contributed by atoms with van der Waals surface area (Å²) >= 11 is 0. The Kier molecular flexibility index (Phi) is 8.34. The quantitative estimate of drug-likeness (QED) is 0.295. The van der Waals surface area contributed by atoms with E-state index in [1.54, 1.807) is 62.8 Å². The molecule has 0 aliphatic heterocycles. The van der Waals surface area contributed by atoms with E-state index in [1.165, 1.54) is 36.3 Å². The largest absolute Gasteiger partial charge is 0.496 e. The van der Waals surface area contributed by atoms with Gasteiger partial charge in [0.15, 0.2) is 0 Å². The summed E-state index contributed by atoms with van der Waals surface area (Å²) < 4.78 is 29.6. The van der Waals surface area contributed by atoms with Gasteiger partial charge in [0.2, 0.25) is 0 Å². The SMILES string of the molecule is COCCNC(=O)c1cc2c(Oc3ccc(N(C)C(=O)Nc4ccc(F)cc4)cc3)ccnc2cc1OC. The Balaban J connectivity index is 1.52. The molecule has 2 N–H and O–H groups in total. The fourth-order valence-corrected chi connectivity index (χ4v) is 3.67. The van der Waals surface area contributed by atoms with Gasteiger partial charge in [0.25, 0.3) is 5.91 Å². The minimum absolute atomic E-state index is 0.304. The van der Waals surface area contributed by atoms with Crippen molar-refractivity contribution in [3.05, 3.63) is 84.3 Å². The minimum Gasteiger partial charge on any atom is -0.496 e. The Morgan fingerprint density at radius 1 is 0.974 bits per heavy atom. The molecular weight excluding hydrogens is 491 g/mol. The zero-order valence-corrected chi connectivity index (χ0v) is 21.2. The number of anilines is 2. The highest BCUT2D eigenvalue weighted by Gasteiger charge is 2.17. The maximum atomic E-state index is 13.1. The number of amides is 3. The Morgan fingerprint density at radius 3 is 2.39 bits per heavy atom. The lowest BCUT2D eigenvalue weighted by atomic mass is 10.1. The lowest BCUT2D eigenvalue weighted by Crippen LogP contribution is -2.31. The molecule has 9 nitrogen and oxygen atoms in total. The molecule has 0 spiro atoms. The standard InChI is InChI=1S/C28H27FN4O5/c1-33(28(35)32-19-6-4-18(29)5-7-19)20-8-10-21(11-9-20)38-25-12-13-30-24-17-26(37-3)23(16-22(24)25)27(34)31-14-15-36-2/h4-13,16-17H,14-15H2,1-3H3,(H,31,34)(H,32,35). The van der Waals surface area contributed by atoms with E-state index in [1.807, 2.05) is 0 Å². The molecule has 0 unspecified atom stereocenters. The Bertz CT molecular complexity index is 1430. The van der Waals surface area contributed by atoms with Crippen molar-refractivity contribution >= 4 is 34.2 Å². The molecule has 4 rings (SSSR count). The number of carbonyl (C=O) groups is 2. The third-order valence-electron chi connectivity index (χ3n) is 5.71. The third kappa shape index (κ3) is 6.16. The van der Waals surface area contributed by atoms with E-state index in [0.29, 0.717) is 58.2 Å². The number of benzene rings is 3. The van der Waals surface area contributed by atoms with Crippen LogP contribution < -0.4 is 25.0 Å². The molecule has 3 amide bonds. The van der Waals surface area contributed by atoms with E-state index in [-0.39, 0.29) is 17.8 Å². The molecule has 0 saturated heterocycles. The fourth-order valence-electron chi connectivity index (χ4n) is 3.67. The molecule has 0 saturated carbocycles. The van der Waals surface area contributed by atoms with Crippen molar-refractivity contribution in [2.24, 2.45) is 0 Å². The topological polar surface area (TPSA) is 102 Å². The van der Waals surface area contributed by atoms with Crippen LogP contribution in [-0.2, 0) is 4.74 Å². The molecule has 0 atom stereocenters. The van der Waals surface area contributed by atoms with Crippen LogP contribution in [0.4, 0.5) is 20.6 Å². The summed E-state index contributed by atoms with van der Waals surface area (Å²) in [6.07, 6.45) is 1.61. The Labute approximate surface area is 219 Å². The zero-order chi connectivity index (χ0) is 27.1. The summed E-state index contributed by atoms with van der Waals surface area (Å²) in [7, 11) is 4.68. The van der Waals surface area contributed by atoms with E-state index in [4.69, 9.17) is 14.2 Å². The second kappa shape index (κ2) is 12.0. The first-order valence-electron chi connectivity index (χ1n) is 11.7. The number of hydrogen-bond acceptors (Lipinski definition) is 6. The fraction of sp³-hybridized carbons (Fsp3) is 0.179. The van der Waals surface area contributed by atoms with Crippen LogP contribution in [0.2, 0.25) is 0 Å². The van der Waals surface area contributed by atoms with Crippen molar-refractivity contribution in [3.8, 4) is 17.2 Å². The number of fused-ring (bicyclic) bond motifs is 1. The van der Waals surface area contributed by atoms with Gasteiger partial charge in [-0.3, -0.25) is 14.7 Å². The normalized spacial score (nSPS) is 10.6. The molecular formula is C28H27FN4O5. The predicted octanol–water partition coefficient (Wildman–Crippen LogP) is 5.22. The number of halogens is 1. The van der Waals surface area contributed by atoms with Crippen molar-refractivity contribution < 1.29 is 28.2 Å². The first-order valence-corrected chi connectivity index (χ1v) is 11.7. The van der Waals surface area contributed by atoms with Crippen LogP contribution in [0.5, 0.6) is 17.2 Å². The zero-order valence-electron chi connectivity index (χ0n) is 21.2. The molecule has 196 valence electrons. The predicted molar refractivity (Wildman–Crippen MR) is 143 cm³/mol. The lowest BCUT2D eigenvalue weighted by molar-refractivity contribution is 0.0934. The number of pyridine rings is 1. The van der Waals surface area contributed by atoms with E-state index < -0.39 is 0 Å². The number of ether oxygens (including phenoxy) is 3. The van der Waals surface area contributed by atoms with E-state index in [0.717, 1.165) is 0 Å². The maximum absolute atomic E-state index is 13.1. The van der Waals surface area contributed by atoms with Crippen LogP contribution in [0.25, 0.3) is 10.9 Å². The van der Waals surface area contributed by atoms with Gasteiger partial charge in [-0.15, -0.1) is 0 Å². The highest BCUT2D eigenvalue weighted by atomic mass is 19.1. The van der Waals surface area contributed by atoms with Crippen molar-refractivity contribution in [2.45, 2.75) is 0 Å². The van der Waals surface area contributed by atoms with Crippen LogP contribution in [0.1, 0.15) is 10.4 Å². The maximum Gasteiger partial charge on any atom is 0.326 e. The summed E-state index contributed by atoms with van der Waals surface area (Å²) in [6, 6.07) is 17.1. The van der Waals surface area contributed by atoms with Crippen LogP contribution >= 0.6 is 0 Å². The van der Waals surface area contributed by atoms with Gasteiger partial charge < -0.3 is 24.8 Å². The van der Waals surface area contributed by atoms with Gasteiger partial charge in [0, 0.05) is 49.7 Å². The van der Waals surface area contributed by atoms with Crippen LogP contribution in [0.15, 0.2) is 72.9 Å². The second-order valence-corrected chi connectivity index (χ2v) is 8.22. The first-order chi connectivity index (χ1) is 18.4. The third-order valence-corrected chi connectivity index (χ3v) is 5.71.